The van der Waals surface area contributed by atoms with Gasteiger partial charge in [0.2, 0.25) is 5.91 Å². The van der Waals surface area contributed by atoms with Gasteiger partial charge in [0, 0.05) is 38.4 Å². The van der Waals surface area contributed by atoms with Gasteiger partial charge in [-0.05, 0) is 17.7 Å². The zero-order valence-electron chi connectivity index (χ0n) is 13.5. The molecule has 0 spiro atoms. The Morgan fingerprint density at radius 1 is 1.33 bits per heavy atom. The van der Waals surface area contributed by atoms with Gasteiger partial charge in [-0.3, -0.25) is 4.79 Å². The third kappa shape index (κ3) is 5.11. The van der Waals surface area contributed by atoms with E-state index in [0.29, 0.717) is 28.3 Å². The summed E-state index contributed by atoms with van der Waals surface area (Å²) in [6.07, 6.45) is -0.181. The summed E-state index contributed by atoms with van der Waals surface area (Å²) in [5.41, 5.74) is -0.304. The van der Waals surface area contributed by atoms with Crippen LogP contribution in [0.1, 0.15) is 25.3 Å². The summed E-state index contributed by atoms with van der Waals surface area (Å²) in [6, 6.07) is 4.87. The molecule has 1 rings (SSSR count). The highest BCUT2D eigenvalue weighted by Crippen LogP contribution is 2.33. The van der Waals surface area contributed by atoms with Crippen molar-refractivity contribution in [2.45, 2.75) is 25.2 Å². The van der Waals surface area contributed by atoms with Crippen LogP contribution in [0.5, 0.6) is 0 Å². The topological polar surface area (TPSA) is 86.7 Å². The standard InChI is InChI=1S/C16H20Cl2N2O4/c1-3-14(22)20(2)10-16(6-7-21,9-19-15(23)24)11-4-5-12(17)13(18)8-11/h4-5,7-8,19H,3,6,9-10H2,1-2H3,(H,23,24). The Morgan fingerprint density at radius 2 is 2.00 bits per heavy atom. The molecule has 0 saturated heterocycles. The van der Waals surface area contributed by atoms with E-state index < -0.39 is 11.5 Å². The van der Waals surface area contributed by atoms with E-state index in [2.05, 4.69) is 5.32 Å². The summed E-state index contributed by atoms with van der Waals surface area (Å²) in [4.78, 5) is 35.6. The lowest BCUT2D eigenvalue weighted by Gasteiger charge is -2.36. The summed E-state index contributed by atoms with van der Waals surface area (Å²) in [5, 5.41) is 11.9. The van der Waals surface area contributed by atoms with Gasteiger partial charge in [-0.15, -0.1) is 0 Å². The Bertz CT molecular complexity index is 624. The molecule has 0 aliphatic rings. The molecule has 0 radical (unpaired) electrons. The number of carboxylic acid groups (broad SMARTS) is 1. The summed E-state index contributed by atoms with van der Waals surface area (Å²) in [7, 11) is 1.61. The van der Waals surface area contributed by atoms with Gasteiger partial charge in [0.05, 0.1) is 10.0 Å². The maximum atomic E-state index is 11.9. The average molecular weight is 375 g/mol. The number of benzene rings is 1. The van der Waals surface area contributed by atoms with E-state index in [9.17, 15) is 14.4 Å². The minimum Gasteiger partial charge on any atom is -0.465 e. The van der Waals surface area contributed by atoms with Crippen molar-refractivity contribution in [3.63, 3.8) is 0 Å². The van der Waals surface area contributed by atoms with Gasteiger partial charge in [-0.25, -0.2) is 4.79 Å². The SMILES string of the molecule is CCC(=O)N(C)CC(CC=O)(CNC(=O)O)c1ccc(Cl)c(Cl)c1. The number of rotatable bonds is 8. The Balaban J connectivity index is 3.32. The molecule has 1 atom stereocenters. The largest absolute Gasteiger partial charge is 0.465 e. The van der Waals surface area contributed by atoms with Crippen molar-refractivity contribution in [3.8, 4) is 0 Å². The van der Waals surface area contributed by atoms with Gasteiger partial charge < -0.3 is 20.1 Å². The van der Waals surface area contributed by atoms with Crippen LogP contribution in [0.25, 0.3) is 0 Å². The molecule has 0 bridgehead atoms. The van der Waals surface area contributed by atoms with Crippen LogP contribution < -0.4 is 5.32 Å². The minimum absolute atomic E-state index is 0.0204. The predicted octanol–water partition coefficient (Wildman–Crippen LogP) is 2.96. The molecule has 2 amide bonds. The number of amides is 2. The first-order valence-corrected chi connectivity index (χ1v) is 8.11. The average Bonchev–Trinajstić information content (AvgIpc) is 2.54. The molecular weight excluding hydrogens is 355 g/mol. The lowest BCUT2D eigenvalue weighted by atomic mass is 9.77. The van der Waals surface area contributed by atoms with E-state index in [4.69, 9.17) is 28.3 Å². The minimum atomic E-state index is -1.21. The molecule has 1 aromatic rings. The Hall–Kier alpha value is -1.79. The quantitative estimate of drug-likeness (QED) is 0.684. The molecule has 0 heterocycles. The number of carbonyl (C=O) groups is 3. The van der Waals surface area contributed by atoms with Crippen LogP contribution in [0.15, 0.2) is 18.2 Å². The second-order valence-corrected chi connectivity index (χ2v) is 6.36. The molecule has 6 nitrogen and oxygen atoms in total. The van der Waals surface area contributed by atoms with Crippen molar-refractivity contribution >= 4 is 41.5 Å². The zero-order valence-corrected chi connectivity index (χ0v) is 15.0. The maximum absolute atomic E-state index is 11.9. The molecule has 2 N–H and O–H groups in total. The first-order valence-electron chi connectivity index (χ1n) is 7.35. The molecule has 0 saturated carbocycles. The summed E-state index contributed by atoms with van der Waals surface area (Å²) >= 11 is 12.0. The fraction of sp³-hybridized carbons (Fsp3) is 0.438. The van der Waals surface area contributed by atoms with E-state index >= 15 is 0 Å². The van der Waals surface area contributed by atoms with Gasteiger partial charge >= 0.3 is 6.09 Å². The number of nitrogens with zero attached hydrogens (tertiary/aromatic N) is 1. The van der Waals surface area contributed by atoms with Crippen molar-refractivity contribution in [3.05, 3.63) is 33.8 Å². The van der Waals surface area contributed by atoms with E-state index in [1.807, 2.05) is 0 Å². The van der Waals surface area contributed by atoms with Crippen LogP contribution in [0.2, 0.25) is 10.0 Å². The summed E-state index contributed by atoms with van der Waals surface area (Å²) in [5.74, 6) is -0.111. The molecule has 24 heavy (non-hydrogen) atoms. The van der Waals surface area contributed by atoms with Gasteiger partial charge in [0.15, 0.2) is 0 Å². The fourth-order valence-electron chi connectivity index (χ4n) is 2.55. The number of carbonyl (C=O) groups excluding carboxylic acids is 2. The molecule has 0 aliphatic carbocycles. The van der Waals surface area contributed by atoms with Gasteiger partial charge in [-0.1, -0.05) is 36.2 Å². The smallest absolute Gasteiger partial charge is 0.404 e. The van der Waals surface area contributed by atoms with Crippen LogP contribution in [-0.2, 0) is 15.0 Å². The summed E-state index contributed by atoms with van der Waals surface area (Å²) in [6.45, 7) is 1.85. The normalized spacial score (nSPS) is 13.0. The predicted molar refractivity (Wildman–Crippen MR) is 92.8 cm³/mol. The Labute approximate surface area is 150 Å². The molecular formula is C16H20Cl2N2O4. The Kier molecular flexibility index (Phi) is 7.51. The number of hydrogen-bond donors (Lipinski definition) is 2. The molecule has 132 valence electrons. The van der Waals surface area contributed by atoms with Crippen LogP contribution in [0.4, 0.5) is 4.79 Å². The molecule has 1 unspecified atom stereocenters. The second kappa shape index (κ2) is 8.89. The van der Waals surface area contributed by atoms with Crippen molar-refractivity contribution in [2.75, 3.05) is 20.1 Å². The maximum Gasteiger partial charge on any atom is 0.404 e. The molecule has 0 aromatic heterocycles. The van der Waals surface area contributed by atoms with Crippen molar-refractivity contribution in [1.29, 1.82) is 0 Å². The van der Waals surface area contributed by atoms with Crippen LogP contribution in [0, 0.1) is 0 Å². The van der Waals surface area contributed by atoms with Crippen LogP contribution >= 0.6 is 23.2 Å². The van der Waals surface area contributed by atoms with Crippen LogP contribution in [-0.4, -0.2) is 48.4 Å². The summed E-state index contributed by atoms with van der Waals surface area (Å²) < 4.78 is 0. The van der Waals surface area contributed by atoms with Gasteiger partial charge in [0.1, 0.15) is 6.29 Å². The van der Waals surface area contributed by atoms with Gasteiger partial charge in [0.25, 0.3) is 0 Å². The highest BCUT2D eigenvalue weighted by molar-refractivity contribution is 6.42. The number of hydrogen-bond acceptors (Lipinski definition) is 3. The highest BCUT2D eigenvalue weighted by atomic mass is 35.5. The van der Waals surface area contributed by atoms with Gasteiger partial charge in [-0.2, -0.15) is 0 Å². The third-order valence-corrected chi connectivity index (χ3v) is 4.59. The third-order valence-electron chi connectivity index (χ3n) is 3.85. The lowest BCUT2D eigenvalue weighted by Crippen LogP contribution is -2.49. The molecule has 0 aliphatic heterocycles. The lowest BCUT2D eigenvalue weighted by molar-refractivity contribution is -0.130. The molecule has 8 heteroatoms. The van der Waals surface area contributed by atoms with Crippen LogP contribution in [0.3, 0.4) is 0 Å². The van der Waals surface area contributed by atoms with E-state index in [1.165, 1.54) is 4.90 Å². The first kappa shape index (κ1) is 20.3. The Morgan fingerprint density at radius 3 is 2.50 bits per heavy atom. The van der Waals surface area contributed by atoms with E-state index in [0.717, 1.165) is 0 Å². The van der Waals surface area contributed by atoms with Crippen molar-refractivity contribution < 1.29 is 19.5 Å². The number of halogens is 2. The van der Waals surface area contributed by atoms with Crippen molar-refractivity contribution in [2.24, 2.45) is 0 Å². The zero-order chi connectivity index (χ0) is 18.3. The second-order valence-electron chi connectivity index (χ2n) is 5.54. The fourth-order valence-corrected chi connectivity index (χ4v) is 2.84. The highest BCUT2D eigenvalue weighted by Gasteiger charge is 2.35. The van der Waals surface area contributed by atoms with E-state index in [1.54, 1.807) is 32.2 Å². The number of aldehydes is 1. The molecule has 0 fully saturated rings. The number of nitrogens with one attached hydrogen (secondary N) is 1. The monoisotopic (exact) mass is 374 g/mol. The first-order chi connectivity index (χ1) is 11.3. The number of likely N-dealkylation sites (N-methyl/N-ethyl adjacent to an activating group) is 1. The van der Waals surface area contributed by atoms with Crippen molar-refractivity contribution in [1.82, 2.24) is 10.2 Å². The molecule has 1 aromatic carbocycles. The van der Waals surface area contributed by atoms with E-state index in [-0.39, 0.29) is 25.4 Å².